The largest absolute Gasteiger partial charge is 0.442 e. The Labute approximate surface area is 142 Å². The highest BCUT2D eigenvalue weighted by Gasteiger charge is 2.32. The summed E-state index contributed by atoms with van der Waals surface area (Å²) in [6.07, 6.45) is 6.05. The van der Waals surface area contributed by atoms with Gasteiger partial charge < -0.3 is 15.8 Å². The van der Waals surface area contributed by atoms with Crippen LogP contribution in [0.4, 0.5) is 10.5 Å². The Morgan fingerprint density at radius 2 is 2.33 bits per heavy atom. The molecule has 0 bridgehead atoms. The van der Waals surface area contributed by atoms with Crippen LogP contribution >= 0.6 is 9.24 Å². The number of ether oxygens (including phenoxy) is 1. The zero-order chi connectivity index (χ0) is 16.9. The van der Waals surface area contributed by atoms with Gasteiger partial charge >= 0.3 is 6.09 Å². The van der Waals surface area contributed by atoms with Crippen LogP contribution in [-0.4, -0.2) is 30.3 Å². The molecule has 1 aromatic heterocycles. The molecule has 1 aliphatic rings. The van der Waals surface area contributed by atoms with Crippen molar-refractivity contribution in [2.45, 2.75) is 6.10 Å². The highest BCUT2D eigenvalue weighted by atomic mass is 31.0. The summed E-state index contributed by atoms with van der Waals surface area (Å²) in [6, 6.07) is 9.78. The van der Waals surface area contributed by atoms with Crippen molar-refractivity contribution >= 4 is 26.3 Å². The summed E-state index contributed by atoms with van der Waals surface area (Å²) < 4.78 is 5.36. The van der Waals surface area contributed by atoms with Crippen molar-refractivity contribution in [1.29, 1.82) is 0 Å². The summed E-state index contributed by atoms with van der Waals surface area (Å²) in [4.78, 5) is 17.9. The fraction of sp³-hybridized carbons (Fsp3) is 0.176. The number of hydrogen-bond donors (Lipinski definition) is 2. The van der Waals surface area contributed by atoms with Gasteiger partial charge in [-0.15, -0.1) is 9.24 Å². The van der Waals surface area contributed by atoms with Crippen LogP contribution in [0.25, 0.3) is 11.1 Å². The fourth-order valence-electron chi connectivity index (χ4n) is 2.61. The highest BCUT2D eigenvalue weighted by Crippen LogP contribution is 2.25. The van der Waals surface area contributed by atoms with E-state index in [2.05, 4.69) is 19.5 Å². The lowest BCUT2D eigenvalue weighted by atomic mass is 10.1. The first-order chi connectivity index (χ1) is 11.7. The van der Waals surface area contributed by atoms with Crippen molar-refractivity contribution in [3.63, 3.8) is 0 Å². The number of aromatic nitrogens is 1. The molecule has 0 radical (unpaired) electrons. The molecule has 2 aromatic rings. The van der Waals surface area contributed by atoms with Crippen LogP contribution in [0.3, 0.4) is 0 Å². The normalized spacial score (nSPS) is 17.3. The number of hydrogen-bond acceptors (Lipinski definition) is 5. The molecule has 2 heterocycles. The molecule has 124 valence electrons. The number of nitrogens with one attached hydrogen (secondary N) is 1. The number of pyridine rings is 1. The average Bonchev–Trinajstić information content (AvgIpc) is 2.96. The van der Waals surface area contributed by atoms with E-state index in [1.165, 1.54) is 6.20 Å². The second-order valence-corrected chi connectivity index (χ2v) is 6.02. The third-order valence-electron chi connectivity index (χ3n) is 3.75. The first-order valence-corrected chi connectivity index (χ1v) is 8.15. The summed E-state index contributed by atoms with van der Waals surface area (Å²) in [5.74, 6) is 0. The second kappa shape index (κ2) is 7.32. The van der Waals surface area contributed by atoms with E-state index in [0.717, 1.165) is 22.1 Å². The first kappa shape index (κ1) is 16.3. The van der Waals surface area contributed by atoms with E-state index < -0.39 is 0 Å². The van der Waals surface area contributed by atoms with Crippen LogP contribution in [0, 0.1) is 0 Å². The van der Waals surface area contributed by atoms with Gasteiger partial charge in [0.25, 0.3) is 0 Å². The third-order valence-corrected chi connectivity index (χ3v) is 4.23. The Balaban J connectivity index is 1.76. The number of benzene rings is 1. The molecule has 6 nitrogen and oxygen atoms in total. The second-order valence-electron chi connectivity index (χ2n) is 5.40. The molecule has 3 N–H and O–H groups in total. The number of nitrogens with zero attached hydrogens (tertiary/aromatic N) is 2. The SMILES string of the molecule is N/C=C\NCC1CN(c2ccc(-c3cccnc3)c(P)c2)C(=O)O1. The summed E-state index contributed by atoms with van der Waals surface area (Å²) in [6.45, 7) is 1.03. The summed E-state index contributed by atoms with van der Waals surface area (Å²) in [7, 11) is 2.71. The van der Waals surface area contributed by atoms with Crippen molar-refractivity contribution in [2.75, 3.05) is 18.0 Å². The molecule has 7 heteroatoms. The number of cyclic esters (lactones) is 1. The molecule has 0 spiro atoms. The van der Waals surface area contributed by atoms with Crippen molar-refractivity contribution in [3.05, 3.63) is 55.1 Å². The number of rotatable bonds is 5. The molecule has 1 fully saturated rings. The van der Waals surface area contributed by atoms with Gasteiger partial charge in [-0.25, -0.2) is 4.79 Å². The van der Waals surface area contributed by atoms with E-state index in [0.29, 0.717) is 13.1 Å². The maximum Gasteiger partial charge on any atom is 0.414 e. The Hall–Kier alpha value is -2.59. The van der Waals surface area contributed by atoms with E-state index in [1.807, 2.05) is 36.5 Å². The van der Waals surface area contributed by atoms with Crippen LogP contribution < -0.4 is 21.3 Å². The number of nitrogens with two attached hydrogens (primary N) is 1. The van der Waals surface area contributed by atoms with Gasteiger partial charge in [-0.3, -0.25) is 9.88 Å². The molecule has 2 atom stereocenters. The number of carbonyl (C=O) groups is 1. The molecular formula is C17H19N4O2P. The van der Waals surface area contributed by atoms with Gasteiger partial charge in [0, 0.05) is 36.0 Å². The number of carbonyl (C=O) groups excluding carboxylic acids is 1. The minimum absolute atomic E-state index is 0.209. The molecule has 1 aromatic carbocycles. The lowest BCUT2D eigenvalue weighted by molar-refractivity contribution is 0.142. The Kier molecular flexibility index (Phi) is 4.96. The van der Waals surface area contributed by atoms with Crippen molar-refractivity contribution in [1.82, 2.24) is 10.3 Å². The van der Waals surface area contributed by atoms with E-state index in [4.69, 9.17) is 10.5 Å². The quantitative estimate of drug-likeness (QED) is 0.807. The molecule has 0 saturated carbocycles. The highest BCUT2D eigenvalue weighted by molar-refractivity contribution is 7.28. The predicted octanol–water partition coefficient (Wildman–Crippen LogP) is 1.59. The third kappa shape index (κ3) is 3.49. The van der Waals surface area contributed by atoms with Gasteiger partial charge in [-0.05, 0) is 29.1 Å². The zero-order valence-electron chi connectivity index (χ0n) is 13.1. The maximum atomic E-state index is 12.1. The number of amides is 1. The van der Waals surface area contributed by atoms with Crippen LogP contribution in [0.2, 0.25) is 0 Å². The van der Waals surface area contributed by atoms with Crippen LogP contribution in [0.1, 0.15) is 0 Å². The standard InChI is InChI=1S/C17H19N4O2P/c18-5-7-20-10-14-11-21(17(22)23-14)13-3-4-15(16(24)8-13)12-2-1-6-19-9-12/h1-9,14,20H,10-11,18,24H2/b7-5-. The minimum atomic E-state index is -0.336. The van der Waals surface area contributed by atoms with Gasteiger partial charge in [0.15, 0.2) is 0 Å². The van der Waals surface area contributed by atoms with E-state index >= 15 is 0 Å². The Morgan fingerprint density at radius 1 is 1.46 bits per heavy atom. The number of anilines is 1. The molecule has 1 saturated heterocycles. The lowest BCUT2D eigenvalue weighted by Gasteiger charge is -2.15. The first-order valence-electron chi connectivity index (χ1n) is 7.57. The van der Waals surface area contributed by atoms with E-state index in [-0.39, 0.29) is 12.2 Å². The smallest absolute Gasteiger partial charge is 0.414 e. The predicted molar refractivity (Wildman–Crippen MR) is 98.0 cm³/mol. The summed E-state index contributed by atoms with van der Waals surface area (Å²) >= 11 is 0. The average molecular weight is 342 g/mol. The monoisotopic (exact) mass is 342 g/mol. The van der Waals surface area contributed by atoms with Gasteiger partial charge in [0.2, 0.25) is 0 Å². The lowest BCUT2D eigenvalue weighted by Crippen LogP contribution is -2.29. The summed E-state index contributed by atoms with van der Waals surface area (Å²) in [5, 5.41) is 3.99. The van der Waals surface area contributed by atoms with E-state index in [9.17, 15) is 4.79 Å². The summed E-state index contributed by atoms with van der Waals surface area (Å²) in [5.41, 5.74) is 8.19. The molecular weight excluding hydrogens is 323 g/mol. The molecule has 24 heavy (non-hydrogen) atoms. The minimum Gasteiger partial charge on any atom is -0.442 e. The Morgan fingerprint density at radius 3 is 3.04 bits per heavy atom. The van der Waals surface area contributed by atoms with E-state index in [1.54, 1.807) is 17.3 Å². The van der Waals surface area contributed by atoms with Gasteiger partial charge in [0.1, 0.15) is 6.10 Å². The fourth-order valence-corrected chi connectivity index (χ4v) is 3.04. The van der Waals surface area contributed by atoms with Gasteiger partial charge in [0.05, 0.1) is 13.1 Å². The zero-order valence-corrected chi connectivity index (χ0v) is 14.2. The molecule has 0 aliphatic carbocycles. The van der Waals surface area contributed by atoms with Crippen molar-refractivity contribution < 1.29 is 9.53 Å². The molecule has 1 aliphatic heterocycles. The molecule has 2 unspecified atom stereocenters. The topological polar surface area (TPSA) is 80.5 Å². The molecule has 1 amide bonds. The maximum absolute atomic E-state index is 12.1. The van der Waals surface area contributed by atoms with Crippen LogP contribution in [0.15, 0.2) is 55.1 Å². The van der Waals surface area contributed by atoms with Crippen LogP contribution in [0.5, 0.6) is 0 Å². The van der Waals surface area contributed by atoms with Gasteiger partial charge in [-0.2, -0.15) is 0 Å². The van der Waals surface area contributed by atoms with Gasteiger partial charge in [-0.1, -0.05) is 12.1 Å². The molecule has 3 rings (SSSR count). The van der Waals surface area contributed by atoms with Crippen molar-refractivity contribution in [3.8, 4) is 11.1 Å². The van der Waals surface area contributed by atoms with Crippen molar-refractivity contribution in [2.24, 2.45) is 5.73 Å². The van der Waals surface area contributed by atoms with Crippen LogP contribution in [-0.2, 0) is 4.74 Å². The Bertz CT molecular complexity index is 752.